The van der Waals surface area contributed by atoms with Gasteiger partial charge in [-0.2, -0.15) is 0 Å². The lowest BCUT2D eigenvalue weighted by Gasteiger charge is -2.07. The molecular weight excluding hydrogens is 292 g/mol. The molecule has 0 heterocycles. The highest BCUT2D eigenvalue weighted by Crippen LogP contribution is 2.12. The molecule has 0 aliphatic rings. The summed E-state index contributed by atoms with van der Waals surface area (Å²) in [4.78, 5) is 0.207. The third kappa shape index (κ3) is 6.24. The van der Waals surface area contributed by atoms with Crippen molar-refractivity contribution in [3.63, 3.8) is 0 Å². The molecule has 0 aliphatic heterocycles. The minimum atomic E-state index is -3.38. The summed E-state index contributed by atoms with van der Waals surface area (Å²) in [5.41, 5.74) is 5.82. The SMILES string of the molecule is CCCOCCOCCS(=O)(=O)c1ccc(C(=N)N)cc1. The highest BCUT2D eigenvalue weighted by molar-refractivity contribution is 7.91. The second-order valence-electron chi connectivity index (χ2n) is 4.48. The molecule has 0 atom stereocenters. The molecule has 1 aromatic carbocycles. The van der Waals surface area contributed by atoms with Crippen LogP contribution in [0.3, 0.4) is 0 Å². The third-order valence-corrected chi connectivity index (χ3v) is 4.44. The molecule has 6 nitrogen and oxygen atoms in total. The maximum Gasteiger partial charge on any atom is 0.180 e. The molecule has 21 heavy (non-hydrogen) atoms. The van der Waals surface area contributed by atoms with Crippen LogP contribution in [0.2, 0.25) is 0 Å². The Kier molecular flexibility index (Phi) is 7.35. The van der Waals surface area contributed by atoms with Crippen LogP contribution in [0.4, 0.5) is 0 Å². The molecule has 0 aromatic heterocycles. The molecule has 0 saturated heterocycles. The largest absolute Gasteiger partial charge is 0.384 e. The molecule has 3 N–H and O–H groups in total. The first-order valence-corrected chi connectivity index (χ1v) is 8.45. The highest BCUT2D eigenvalue weighted by Gasteiger charge is 2.14. The molecule has 0 unspecified atom stereocenters. The number of amidine groups is 1. The van der Waals surface area contributed by atoms with Gasteiger partial charge >= 0.3 is 0 Å². The fourth-order valence-corrected chi connectivity index (χ4v) is 2.72. The predicted octanol–water partition coefficient (Wildman–Crippen LogP) is 1.19. The smallest absolute Gasteiger partial charge is 0.180 e. The lowest BCUT2D eigenvalue weighted by atomic mass is 10.2. The van der Waals surface area contributed by atoms with Crippen molar-refractivity contribution in [1.29, 1.82) is 5.41 Å². The van der Waals surface area contributed by atoms with Gasteiger partial charge in [0.1, 0.15) is 5.84 Å². The summed E-state index contributed by atoms with van der Waals surface area (Å²) in [5.74, 6) is -0.172. The van der Waals surface area contributed by atoms with Crippen LogP contribution >= 0.6 is 0 Å². The number of hydrogen-bond donors (Lipinski definition) is 2. The van der Waals surface area contributed by atoms with Crippen molar-refractivity contribution < 1.29 is 17.9 Å². The first-order chi connectivity index (χ1) is 9.97. The van der Waals surface area contributed by atoms with E-state index in [2.05, 4.69) is 0 Å². The Morgan fingerprint density at radius 2 is 1.67 bits per heavy atom. The topological polar surface area (TPSA) is 102 Å². The van der Waals surface area contributed by atoms with Crippen molar-refractivity contribution in [2.75, 3.05) is 32.2 Å². The van der Waals surface area contributed by atoms with Gasteiger partial charge < -0.3 is 15.2 Å². The van der Waals surface area contributed by atoms with Crippen LogP contribution < -0.4 is 5.73 Å². The molecule has 0 radical (unpaired) electrons. The minimum Gasteiger partial charge on any atom is -0.384 e. The van der Waals surface area contributed by atoms with Gasteiger partial charge in [0.25, 0.3) is 0 Å². The Labute approximate surface area is 125 Å². The van der Waals surface area contributed by atoms with Crippen molar-refractivity contribution in [3.05, 3.63) is 29.8 Å². The first-order valence-electron chi connectivity index (χ1n) is 6.80. The summed E-state index contributed by atoms with van der Waals surface area (Å²) in [6.45, 7) is 3.70. The number of rotatable bonds is 10. The van der Waals surface area contributed by atoms with E-state index >= 15 is 0 Å². The monoisotopic (exact) mass is 314 g/mol. The van der Waals surface area contributed by atoms with Crippen LogP contribution in [0, 0.1) is 5.41 Å². The lowest BCUT2D eigenvalue weighted by Crippen LogP contribution is -2.15. The van der Waals surface area contributed by atoms with Gasteiger partial charge in [-0.05, 0) is 18.6 Å². The van der Waals surface area contributed by atoms with E-state index in [1.165, 1.54) is 24.3 Å². The van der Waals surface area contributed by atoms with Crippen LogP contribution in [0.5, 0.6) is 0 Å². The molecule has 7 heteroatoms. The lowest BCUT2D eigenvalue weighted by molar-refractivity contribution is 0.0537. The summed E-state index contributed by atoms with van der Waals surface area (Å²) < 4.78 is 34.6. The Hall–Kier alpha value is -1.44. The fourth-order valence-electron chi connectivity index (χ4n) is 1.59. The third-order valence-electron chi connectivity index (χ3n) is 2.74. The van der Waals surface area contributed by atoms with Crippen LogP contribution in [0.25, 0.3) is 0 Å². The van der Waals surface area contributed by atoms with Gasteiger partial charge in [0.15, 0.2) is 9.84 Å². The first kappa shape index (κ1) is 17.6. The van der Waals surface area contributed by atoms with Gasteiger partial charge in [-0.15, -0.1) is 0 Å². The number of benzene rings is 1. The standard InChI is InChI=1S/C14H22N2O4S/c1-2-7-19-8-9-20-10-11-21(17,18)13-5-3-12(4-6-13)14(15)16/h3-6H,2,7-11H2,1H3,(H3,15,16). The van der Waals surface area contributed by atoms with Crippen molar-refractivity contribution >= 4 is 15.7 Å². The molecule has 0 amide bonds. The van der Waals surface area contributed by atoms with Crippen molar-refractivity contribution in [1.82, 2.24) is 0 Å². The number of nitrogens with two attached hydrogens (primary N) is 1. The van der Waals surface area contributed by atoms with Gasteiger partial charge in [0.2, 0.25) is 0 Å². The fraction of sp³-hybridized carbons (Fsp3) is 0.500. The Balaban J connectivity index is 2.41. The molecule has 0 saturated carbocycles. The number of nitrogens with one attached hydrogen (secondary N) is 1. The zero-order chi connectivity index (χ0) is 15.7. The van der Waals surface area contributed by atoms with Crippen molar-refractivity contribution in [2.45, 2.75) is 18.2 Å². The molecule has 1 rings (SSSR count). The Morgan fingerprint density at radius 3 is 2.19 bits per heavy atom. The average molecular weight is 314 g/mol. The predicted molar refractivity (Wildman–Crippen MR) is 81.4 cm³/mol. The summed E-state index contributed by atoms with van der Waals surface area (Å²) in [6.07, 6.45) is 0.949. The zero-order valence-corrected chi connectivity index (χ0v) is 13.0. The molecule has 0 spiro atoms. The second kappa shape index (κ2) is 8.76. The Bertz CT molecular complexity index is 541. The summed E-state index contributed by atoms with van der Waals surface area (Å²) in [7, 11) is -3.38. The number of nitrogen functional groups attached to an aromatic ring is 1. The van der Waals surface area contributed by atoms with Crippen LogP contribution in [0.15, 0.2) is 29.2 Å². The van der Waals surface area contributed by atoms with Crippen molar-refractivity contribution in [2.24, 2.45) is 5.73 Å². The minimum absolute atomic E-state index is 0.0831. The number of hydrogen-bond acceptors (Lipinski definition) is 5. The maximum atomic E-state index is 12.1. The van der Waals surface area contributed by atoms with Crippen molar-refractivity contribution in [3.8, 4) is 0 Å². The summed E-state index contributed by atoms with van der Waals surface area (Å²) >= 11 is 0. The van der Waals surface area contributed by atoms with Crippen LogP contribution in [0.1, 0.15) is 18.9 Å². The molecule has 0 bridgehead atoms. The van der Waals surface area contributed by atoms with E-state index < -0.39 is 9.84 Å². The van der Waals surface area contributed by atoms with E-state index in [1.807, 2.05) is 6.92 Å². The van der Waals surface area contributed by atoms with Crippen LogP contribution in [-0.4, -0.2) is 46.4 Å². The molecule has 0 fully saturated rings. The maximum absolute atomic E-state index is 12.1. The molecule has 0 aliphatic carbocycles. The summed E-state index contributed by atoms with van der Waals surface area (Å²) in [5, 5.41) is 7.26. The summed E-state index contributed by atoms with van der Waals surface area (Å²) in [6, 6.07) is 5.95. The normalized spacial score (nSPS) is 11.5. The molecule has 118 valence electrons. The van der Waals surface area contributed by atoms with E-state index in [0.29, 0.717) is 25.4 Å². The average Bonchev–Trinajstić information content (AvgIpc) is 2.46. The quantitative estimate of drug-likeness (QED) is 0.383. The Morgan fingerprint density at radius 1 is 1.10 bits per heavy atom. The van der Waals surface area contributed by atoms with Gasteiger partial charge in [-0.1, -0.05) is 19.1 Å². The van der Waals surface area contributed by atoms with Gasteiger partial charge in [-0.25, -0.2) is 8.42 Å². The van der Waals surface area contributed by atoms with E-state index in [4.69, 9.17) is 20.6 Å². The second-order valence-corrected chi connectivity index (χ2v) is 6.59. The number of sulfone groups is 1. The zero-order valence-electron chi connectivity index (χ0n) is 12.2. The van der Waals surface area contributed by atoms with Gasteiger partial charge in [0.05, 0.1) is 30.5 Å². The van der Waals surface area contributed by atoms with E-state index in [1.54, 1.807) is 0 Å². The highest BCUT2D eigenvalue weighted by atomic mass is 32.2. The molecular formula is C14H22N2O4S. The molecule has 1 aromatic rings. The number of ether oxygens (including phenoxy) is 2. The van der Waals surface area contributed by atoms with Gasteiger partial charge in [0, 0.05) is 12.2 Å². The van der Waals surface area contributed by atoms with E-state index in [0.717, 1.165) is 6.42 Å². The van der Waals surface area contributed by atoms with E-state index in [9.17, 15) is 8.42 Å². The van der Waals surface area contributed by atoms with Crippen LogP contribution in [-0.2, 0) is 19.3 Å². The van der Waals surface area contributed by atoms with Gasteiger partial charge in [-0.3, -0.25) is 5.41 Å². The van der Waals surface area contributed by atoms with E-state index in [-0.39, 0.29) is 23.1 Å².